The van der Waals surface area contributed by atoms with Crippen LogP contribution < -0.4 is 5.32 Å². The van der Waals surface area contributed by atoms with E-state index < -0.39 is 11.6 Å². The molecule has 1 aromatic heterocycles. The third-order valence-corrected chi connectivity index (χ3v) is 2.43. The summed E-state index contributed by atoms with van der Waals surface area (Å²) in [5.41, 5.74) is -0.898. The van der Waals surface area contributed by atoms with Crippen LogP contribution in [0.2, 0.25) is 0 Å². The van der Waals surface area contributed by atoms with Gasteiger partial charge in [0, 0.05) is 12.6 Å². The summed E-state index contributed by atoms with van der Waals surface area (Å²) in [6.07, 6.45) is 0.691. The van der Waals surface area contributed by atoms with Crippen molar-refractivity contribution in [2.75, 3.05) is 6.54 Å². The first-order chi connectivity index (χ1) is 8.30. The van der Waals surface area contributed by atoms with E-state index in [1.165, 1.54) is 6.07 Å². The first-order valence-electron chi connectivity index (χ1n) is 5.92. The topological polar surface area (TPSA) is 95.6 Å². The van der Waals surface area contributed by atoms with Gasteiger partial charge >= 0.3 is 5.97 Å². The van der Waals surface area contributed by atoms with E-state index in [2.05, 4.69) is 10.5 Å². The Labute approximate surface area is 106 Å². The minimum absolute atomic E-state index is 0.110. The van der Waals surface area contributed by atoms with E-state index in [4.69, 9.17) is 9.63 Å². The van der Waals surface area contributed by atoms with Crippen LogP contribution in [0, 0.1) is 5.92 Å². The van der Waals surface area contributed by atoms with Crippen LogP contribution in [0.3, 0.4) is 0 Å². The number of rotatable bonds is 7. The molecule has 0 aromatic carbocycles. The van der Waals surface area contributed by atoms with Crippen LogP contribution in [0.25, 0.3) is 0 Å². The van der Waals surface area contributed by atoms with Crippen LogP contribution in [0.5, 0.6) is 0 Å². The van der Waals surface area contributed by atoms with Crippen molar-refractivity contribution in [1.29, 1.82) is 0 Å². The van der Waals surface area contributed by atoms with Crippen molar-refractivity contribution in [3.05, 3.63) is 17.5 Å². The fraction of sp³-hybridized carbons (Fsp3) is 0.667. The number of aromatic nitrogens is 1. The summed E-state index contributed by atoms with van der Waals surface area (Å²) >= 11 is 0. The van der Waals surface area contributed by atoms with E-state index in [-0.39, 0.29) is 5.69 Å². The van der Waals surface area contributed by atoms with E-state index in [1.807, 2.05) is 13.8 Å². The summed E-state index contributed by atoms with van der Waals surface area (Å²) in [6.45, 7) is 6.61. The number of hydrogen-bond donors (Lipinski definition) is 3. The second-order valence-electron chi connectivity index (χ2n) is 5.18. The predicted molar refractivity (Wildman–Crippen MR) is 65.2 cm³/mol. The van der Waals surface area contributed by atoms with E-state index in [0.717, 1.165) is 0 Å². The number of hydrogen-bond acceptors (Lipinski definition) is 5. The third-order valence-electron chi connectivity index (χ3n) is 2.43. The van der Waals surface area contributed by atoms with Crippen LogP contribution in [0.4, 0.5) is 0 Å². The average molecular weight is 256 g/mol. The average Bonchev–Trinajstić information content (AvgIpc) is 2.63. The minimum Gasteiger partial charge on any atom is -0.476 e. The lowest BCUT2D eigenvalue weighted by molar-refractivity contribution is 0.0378. The molecule has 0 saturated carbocycles. The van der Waals surface area contributed by atoms with Gasteiger partial charge in [0.15, 0.2) is 11.5 Å². The fourth-order valence-corrected chi connectivity index (χ4v) is 1.90. The van der Waals surface area contributed by atoms with Crippen molar-refractivity contribution in [1.82, 2.24) is 10.5 Å². The standard InChI is InChI=1S/C12H20N2O4/c1-8(2)5-12(3,17)7-13-6-9-4-10(11(15)16)14-18-9/h4,8,13,17H,5-7H2,1-3H3,(H,15,16). The Balaban J connectivity index is 2.39. The van der Waals surface area contributed by atoms with Gasteiger partial charge < -0.3 is 20.1 Å². The zero-order chi connectivity index (χ0) is 13.8. The molecule has 6 heteroatoms. The second kappa shape index (κ2) is 5.97. The van der Waals surface area contributed by atoms with Crippen LogP contribution in [-0.4, -0.2) is 33.5 Å². The van der Waals surface area contributed by atoms with Crippen molar-refractivity contribution >= 4 is 5.97 Å². The van der Waals surface area contributed by atoms with Crippen LogP contribution in [0.15, 0.2) is 10.6 Å². The summed E-state index contributed by atoms with van der Waals surface area (Å²) in [5.74, 6) is -0.268. The molecule has 0 aliphatic rings. The summed E-state index contributed by atoms with van der Waals surface area (Å²) in [6, 6.07) is 1.37. The molecule has 0 aliphatic carbocycles. The Hall–Kier alpha value is -1.40. The molecule has 0 saturated heterocycles. The fourth-order valence-electron chi connectivity index (χ4n) is 1.90. The summed E-state index contributed by atoms with van der Waals surface area (Å²) in [7, 11) is 0. The van der Waals surface area contributed by atoms with Gasteiger partial charge in [-0.15, -0.1) is 0 Å². The molecule has 6 nitrogen and oxygen atoms in total. The Bertz CT molecular complexity index is 399. The monoisotopic (exact) mass is 256 g/mol. The van der Waals surface area contributed by atoms with Crippen molar-refractivity contribution < 1.29 is 19.5 Å². The van der Waals surface area contributed by atoms with E-state index >= 15 is 0 Å². The van der Waals surface area contributed by atoms with Crippen LogP contribution in [-0.2, 0) is 6.54 Å². The molecule has 0 aliphatic heterocycles. The lowest BCUT2D eigenvalue weighted by atomic mass is 9.94. The summed E-state index contributed by atoms with van der Waals surface area (Å²) in [5, 5.41) is 25.1. The SMILES string of the molecule is CC(C)CC(C)(O)CNCc1cc(C(=O)O)no1. The molecule has 0 bridgehead atoms. The van der Waals surface area contributed by atoms with Crippen molar-refractivity contribution in [3.63, 3.8) is 0 Å². The Morgan fingerprint density at radius 1 is 1.61 bits per heavy atom. The van der Waals surface area contributed by atoms with Crippen LogP contribution >= 0.6 is 0 Å². The molecule has 3 N–H and O–H groups in total. The summed E-state index contributed by atoms with van der Waals surface area (Å²) < 4.78 is 4.85. The molecule has 102 valence electrons. The number of carboxylic acids is 1. The van der Waals surface area contributed by atoms with Crippen molar-refractivity contribution in [3.8, 4) is 0 Å². The van der Waals surface area contributed by atoms with E-state index in [9.17, 15) is 9.90 Å². The molecule has 0 spiro atoms. The van der Waals surface area contributed by atoms with Gasteiger partial charge in [0.05, 0.1) is 12.1 Å². The Kier molecular flexibility index (Phi) is 4.86. The van der Waals surface area contributed by atoms with E-state index in [0.29, 0.717) is 31.2 Å². The van der Waals surface area contributed by atoms with Crippen molar-refractivity contribution in [2.45, 2.75) is 39.3 Å². The number of nitrogens with one attached hydrogen (secondary N) is 1. The first-order valence-corrected chi connectivity index (χ1v) is 5.92. The van der Waals surface area contributed by atoms with Gasteiger partial charge in [0.1, 0.15) is 0 Å². The predicted octanol–water partition coefficient (Wildman–Crippen LogP) is 1.26. The third kappa shape index (κ3) is 4.85. The highest BCUT2D eigenvalue weighted by Crippen LogP contribution is 2.15. The highest BCUT2D eigenvalue weighted by atomic mass is 16.5. The quantitative estimate of drug-likeness (QED) is 0.679. The number of aliphatic hydroxyl groups is 1. The maximum Gasteiger partial charge on any atom is 0.358 e. The van der Waals surface area contributed by atoms with Gasteiger partial charge in [0.2, 0.25) is 0 Å². The lowest BCUT2D eigenvalue weighted by Crippen LogP contribution is -2.38. The Morgan fingerprint density at radius 2 is 2.28 bits per heavy atom. The number of aromatic carboxylic acids is 1. The Morgan fingerprint density at radius 3 is 2.78 bits per heavy atom. The first kappa shape index (κ1) is 14.7. The highest BCUT2D eigenvalue weighted by Gasteiger charge is 2.21. The molecular formula is C12H20N2O4. The van der Waals surface area contributed by atoms with Gasteiger partial charge in [0.25, 0.3) is 0 Å². The molecule has 1 unspecified atom stereocenters. The highest BCUT2D eigenvalue weighted by molar-refractivity contribution is 5.85. The molecule has 0 fully saturated rings. The maximum absolute atomic E-state index is 10.6. The van der Waals surface area contributed by atoms with Gasteiger partial charge in [-0.2, -0.15) is 0 Å². The normalized spacial score (nSPS) is 14.7. The molecule has 1 atom stereocenters. The molecule has 1 aromatic rings. The molecule has 18 heavy (non-hydrogen) atoms. The number of carboxylic acid groups (broad SMARTS) is 1. The minimum atomic E-state index is -1.11. The number of nitrogens with zero attached hydrogens (tertiary/aromatic N) is 1. The lowest BCUT2D eigenvalue weighted by Gasteiger charge is -2.25. The smallest absolute Gasteiger partial charge is 0.358 e. The van der Waals surface area contributed by atoms with Crippen LogP contribution in [0.1, 0.15) is 43.4 Å². The number of carbonyl (C=O) groups is 1. The zero-order valence-electron chi connectivity index (χ0n) is 10.9. The molecule has 1 heterocycles. The largest absolute Gasteiger partial charge is 0.476 e. The van der Waals surface area contributed by atoms with Crippen molar-refractivity contribution in [2.24, 2.45) is 5.92 Å². The van der Waals surface area contributed by atoms with Gasteiger partial charge in [-0.3, -0.25) is 0 Å². The maximum atomic E-state index is 10.6. The molecular weight excluding hydrogens is 236 g/mol. The zero-order valence-corrected chi connectivity index (χ0v) is 10.9. The molecule has 1 rings (SSSR count). The summed E-state index contributed by atoms with van der Waals surface area (Å²) in [4.78, 5) is 10.6. The second-order valence-corrected chi connectivity index (χ2v) is 5.18. The van der Waals surface area contributed by atoms with E-state index in [1.54, 1.807) is 6.92 Å². The molecule has 0 amide bonds. The molecule has 0 radical (unpaired) electrons. The van der Waals surface area contributed by atoms with Gasteiger partial charge in [-0.25, -0.2) is 4.79 Å². The van der Waals surface area contributed by atoms with Gasteiger partial charge in [-0.05, 0) is 19.3 Å². The van der Waals surface area contributed by atoms with Gasteiger partial charge in [-0.1, -0.05) is 19.0 Å².